The number of pyridine rings is 1. The van der Waals surface area contributed by atoms with Crippen molar-refractivity contribution in [3.05, 3.63) is 63.6 Å². The number of ether oxygens (including phenoxy) is 1. The summed E-state index contributed by atoms with van der Waals surface area (Å²) in [6.45, 7) is 1.90. The first kappa shape index (κ1) is 18.1. The minimum Gasteiger partial charge on any atom is -0.497 e. The van der Waals surface area contributed by atoms with Gasteiger partial charge < -0.3 is 10.5 Å². The summed E-state index contributed by atoms with van der Waals surface area (Å²) in [6, 6.07) is 14.8. The first-order valence-corrected chi connectivity index (χ1v) is 8.52. The number of nitrogens with two attached hydrogens (primary N) is 1. The van der Waals surface area contributed by atoms with Gasteiger partial charge in [0.1, 0.15) is 23.2 Å². The second-order valence-electron chi connectivity index (χ2n) is 5.69. The smallest absolute Gasteiger partial charge is 0.142 e. The van der Waals surface area contributed by atoms with Gasteiger partial charge in [0.05, 0.1) is 12.8 Å². The monoisotopic (exact) mass is 383 g/mol. The molecule has 3 rings (SSSR count). The Morgan fingerprint density at radius 2 is 1.81 bits per heavy atom. The summed E-state index contributed by atoms with van der Waals surface area (Å²) in [5.41, 5.74) is 10.1. The van der Waals surface area contributed by atoms with Crippen LogP contribution in [0.25, 0.3) is 22.4 Å². The van der Waals surface area contributed by atoms with Crippen LogP contribution in [0.1, 0.15) is 11.1 Å². The lowest BCUT2D eigenvalue weighted by atomic mass is 9.93. The highest BCUT2D eigenvalue weighted by Gasteiger charge is 2.20. The fourth-order valence-electron chi connectivity index (χ4n) is 2.87. The van der Waals surface area contributed by atoms with E-state index in [1.54, 1.807) is 25.3 Å². The van der Waals surface area contributed by atoms with Gasteiger partial charge in [-0.3, -0.25) is 0 Å². The third-order valence-corrected chi connectivity index (χ3v) is 4.69. The van der Waals surface area contributed by atoms with Crippen LogP contribution in [0, 0.1) is 18.3 Å². The molecule has 26 heavy (non-hydrogen) atoms. The molecule has 0 saturated heterocycles. The van der Waals surface area contributed by atoms with Gasteiger partial charge in [0.2, 0.25) is 0 Å². The predicted molar refractivity (Wildman–Crippen MR) is 106 cm³/mol. The van der Waals surface area contributed by atoms with E-state index < -0.39 is 0 Å². The molecule has 3 aromatic rings. The minimum atomic E-state index is 0.157. The number of methoxy groups -OCH3 is 1. The molecule has 6 heteroatoms. The average Bonchev–Trinajstić information content (AvgIpc) is 2.63. The summed E-state index contributed by atoms with van der Waals surface area (Å²) in [6.07, 6.45) is 0. The number of rotatable bonds is 3. The van der Waals surface area contributed by atoms with Crippen molar-refractivity contribution in [2.24, 2.45) is 0 Å². The van der Waals surface area contributed by atoms with Gasteiger partial charge in [-0.25, -0.2) is 4.98 Å². The molecule has 4 nitrogen and oxygen atoms in total. The molecule has 2 N–H and O–H groups in total. The molecule has 0 saturated carbocycles. The van der Waals surface area contributed by atoms with Gasteiger partial charge in [-0.2, -0.15) is 5.26 Å². The fourth-order valence-corrected chi connectivity index (χ4v) is 3.37. The number of hydrogen-bond acceptors (Lipinski definition) is 4. The molecule has 0 aliphatic carbocycles. The Hall–Kier alpha value is -2.74. The molecule has 0 aliphatic heterocycles. The van der Waals surface area contributed by atoms with Crippen LogP contribution in [-0.4, -0.2) is 12.1 Å². The topological polar surface area (TPSA) is 71.9 Å². The molecule has 0 fully saturated rings. The maximum absolute atomic E-state index is 9.60. The van der Waals surface area contributed by atoms with Crippen LogP contribution in [0.4, 0.5) is 5.82 Å². The number of nitrogens with zero attached hydrogens (tertiary/aromatic N) is 2. The number of halogens is 2. The van der Waals surface area contributed by atoms with Crippen molar-refractivity contribution in [2.45, 2.75) is 6.92 Å². The molecule has 0 bridgehead atoms. The third kappa shape index (κ3) is 3.20. The predicted octanol–water partition coefficient (Wildman–Crippen LogP) is 5.49. The SMILES string of the molecule is COc1ccc(-c2nc(N)c(C#N)c(-c3ccc(Cl)cc3Cl)c2C)cc1. The molecular formula is C20H15Cl2N3O. The number of nitriles is 1. The van der Waals surface area contributed by atoms with Crippen molar-refractivity contribution in [3.63, 3.8) is 0 Å². The lowest BCUT2D eigenvalue weighted by Gasteiger charge is -2.16. The normalized spacial score (nSPS) is 10.4. The van der Waals surface area contributed by atoms with E-state index in [0.29, 0.717) is 32.4 Å². The summed E-state index contributed by atoms with van der Waals surface area (Å²) in [5, 5.41) is 10.6. The molecule has 0 radical (unpaired) electrons. The highest BCUT2D eigenvalue weighted by atomic mass is 35.5. The Kier molecular flexibility index (Phi) is 5.03. The molecule has 0 amide bonds. The molecular weight excluding hydrogens is 369 g/mol. The summed E-state index contributed by atoms with van der Waals surface area (Å²) < 4.78 is 5.20. The largest absolute Gasteiger partial charge is 0.497 e. The van der Waals surface area contributed by atoms with Crippen molar-refractivity contribution < 1.29 is 4.74 Å². The first-order chi connectivity index (χ1) is 12.5. The van der Waals surface area contributed by atoms with Crippen LogP contribution in [0.15, 0.2) is 42.5 Å². The summed E-state index contributed by atoms with van der Waals surface area (Å²) in [4.78, 5) is 4.45. The van der Waals surface area contributed by atoms with Gasteiger partial charge in [-0.1, -0.05) is 29.3 Å². The Morgan fingerprint density at radius 3 is 2.38 bits per heavy atom. The number of aromatic nitrogens is 1. The third-order valence-electron chi connectivity index (χ3n) is 4.14. The number of benzene rings is 2. The van der Waals surface area contributed by atoms with Crippen molar-refractivity contribution >= 4 is 29.0 Å². The van der Waals surface area contributed by atoms with Crippen molar-refractivity contribution in [2.75, 3.05) is 12.8 Å². The summed E-state index contributed by atoms with van der Waals surface area (Å²) in [5.74, 6) is 0.902. The van der Waals surface area contributed by atoms with Gasteiger partial charge >= 0.3 is 0 Å². The summed E-state index contributed by atoms with van der Waals surface area (Å²) >= 11 is 12.4. The zero-order valence-electron chi connectivity index (χ0n) is 14.2. The molecule has 1 heterocycles. The van der Waals surface area contributed by atoms with Gasteiger partial charge in [0.25, 0.3) is 0 Å². The van der Waals surface area contributed by atoms with E-state index in [-0.39, 0.29) is 5.82 Å². The number of nitrogen functional groups attached to an aromatic ring is 1. The van der Waals surface area contributed by atoms with Crippen LogP contribution in [0.3, 0.4) is 0 Å². The molecule has 2 aromatic carbocycles. The second-order valence-corrected chi connectivity index (χ2v) is 6.53. The van der Waals surface area contributed by atoms with Crippen LogP contribution >= 0.6 is 23.2 Å². The first-order valence-electron chi connectivity index (χ1n) is 7.76. The zero-order chi connectivity index (χ0) is 18.8. The number of anilines is 1. The van der Waals surface area contributed by atoms with E-state index in [1.165, 1.54) is 0 Å². The Morgan fingerprint density at radius 1 is 1.12 bits per heavy atom. The molecule has 130 valence electrons. The van der Waals surface area contributed by atoms with Crippen molar-refractivity contribution in [1.82, 2.24) is 4.98 Å². The van der Waals surface area contributed by atoms with Gasteiger partial charge in [0.15, 0.2) is 0 Å². The standard InChI is InChI=1S/C20H15Cl2N3O/c1-11-18(15-8-5-13(21)9-17(15)22)16(10-23)20(24)25-19(11)12-3-6-14(26-2)7-4-12/h3-9H,1-2H3,(H2,24,25). The summed E-state index contributed by atoms with van der Waals surface area (Å²) in [7, 11) is 1.61. The van der Waals surface area contributed by atoms with Crippen LogP contribution in [-0.2, 0) is 0 Å². The highest BCUT2D eigenvalue weighted by molar-refractivity contribution is 6.36. The fraction of sp³-hybridized carbons (Fsp3) is 0.100. The van der Waals surface area contributed by atoms with Crippen LogP contribution in [0.2, 0.25) is 10.0 Å². The molecule has 0 unspecified atom stereocenters. The van der Waals surface area contributed by atoms with E-state index in [2.05, 4.69) is 11.1 Å². The van der Waals surface area contributed by atoms with Crippen molar-refractivity contribution in [1.29, 1.82) is 5.26 Å². The van der Waals surface area contributed by atoms with Crippen LogP contribution in [0.5, 0.6) is 5.75 Å². The van der Waals surface area contributed by atoms with Gasteiger partial charge in [-0.05, 0) is 48.9 Å². The van der Waals surface area contributed by atoms with Gasteiger partial charge in [-0.15, -0.1) is 0 Å². The Bertz CT molecular complexity index is 1020. The minimum absolute atomic E-state index is 0.157. The van der Waals surface area contributed by atoms with Crippen molar-refractivity contribution in [3.8, 4) is 34.2 Å². The second kappa shape index (κ2) is 7.25. The van der Waals surface area contributed by atoms with E-state index in [0.717, 1.165) is 16.9 Å². The lowest BCUT2D eigenvalue weighted by molar-refractivity contribution is 0.415. The quantitative estimate of drug-likeness (QED) is 0.648. The van der Waals surface area contributed by atoms with E-state index in [1.807, 2.05) is 31.2 Å². The molecule has 0 spiro atoms. The molecule has 0 atom stereocenters. The Balaban J connectivity index is 2.29. The molecule has 0 aliphatic rings. The van der Waals surface area contributed by atoms with Gasteiger partial charge in [0, 0.05) is 26.7 Å². The highest BCUT2D eigenvalue weighted by Crippen LogP contribution is 2.39. The average molecular weight is 384 g/mol. The number of hydrogen-bond donors (Lipinski definition) is 1. The lowest BCUT2D eigenvalue weighted by Crippen LogP contribution is -2.03. The van der Waals surface area contributed by atoms with Crippen LogP contribution < -0.4 is 10.5 Å². The van der Waals surface area contributed by atoms with E-state index >= 15 is 0 Å². The zero-order valence-corrected chi connectivity index (χ0v) is 15.7. The molecule has 1 aromatic heterocycles. The maximum atomic E-state index is 9.60. The van der Waals surface area contributed by atoms with E-state index in [4.69, 9.17) is 33.7 Å². The van der Waals surface area contributed by atoms with E-state index in [9.17, 15) is 5.26 Å². The Labute approximate surface area is 161 Å². The maximum Gasteiger partial charge on any atom is 0.142 e.